The van der Waals surface area contributed by atoms with Crippen molar-refractivity contribution in [2.45, 2.75) is 40.5 Å². The van der Waals surface area contributed by atoms with Crippen LogP contribution in [0.3, 0.4) is 0 Å². The van der Waals surface area contributed by atoms with Crippen LogP contribution in [-0.4, -0.2) is 23.2 Å². The fourth-order valence-corrected chi connectivity index (χ4v) is 3.53. The van der Waals surface area contributed by atoms with Crippen LogP contribution in [0.4, 0.5) is 5.69 Å². The number of anilines is 1. The number of hydroxylamine groups is 1. The lowest BCUT2D eigenvalue weighted by Gasteiger charge is -2.26. The van der Waals surface area contributed by atoms with Crippen LogP contribution in [0.1, 0.15) is 45.0 Å². The molecule has 0 aliphatic carbocycles. The van der Waals surface area contributed by atoms with Gasteiger partial charge < -0.3 is 4.74 Å². The summed E-state index contributed by atoms with van der Waals surface area (Å²) in [6, 6.07) is 15.9. The van der Waals surface area contributed by atoms with E-state index in [1.54, 1.807) is 0 Å². The van der Waals surface area contributed by atoms with Crippen LogP contribution < -0.4 is 9.80 Å². The zero-order valence-corrected chi connectivity index (χ0v) is 16.2. The van der Waals surface area contributed by atoms with Crippen molar-refractivity contribution >= 4 is 5.69 Å². The molecule has 1 aliphatic heterocycles. The van der Waals surface area contributed by atoms with E-state index in [0.717, 1.165) is 25.2 Å². The first-order valence-corrected chi connectivity index (χ1v) is 9.49. The number of nitrogens with zero attached hydrogens (tertiary/aromatic N) is 2. The van der Waals surface area contributed by atoms with Crippen molar-refractivity contribution in [3.8, 4) is 5.75 Å². The molecule has 0 aromatic heterocycles. The highest BCUT2D eigenvalue weighted by Crippen LogP contribution is 2.41. The minimum atomic E-state index is -0.483. The van der Waals surface area contributed by atoms with Gasteiger partial charge in [0, 0.05) is 25.2 Å². The van der Waals surface area contributed by atoms with Crippen LogP contribution >= 0.6 is 0 Å². The molecule has 1 N–H and O–H groups in total. The average Bonchev–Trinajstić information content (AvgIpc) is 2.92. The second kappa shape index (κ2) is 8.11. The van der Waals surface area contributed by atoms with Crippen molar-refractivity contribution in [2.75, 3.05) is 18.2 Å². The predicted molar refractivity (Wildman–Crippen MR) is 105 cm³/mol. The molecule has 0 saturated heterocycles. The molecule has 3 rings (SSSR count). The molecule has 0 fully saturated rings. The van der Waals surface area contributed by atoms with E-state index in [1.807, 2.05) is 24.3 Å². The summed E-state index contributed by atoms with van der Waals surface area (Å²) in [6.45, 7) is 12.2. The number of fused-ring (bicyclic) bond motifs is 1. The maximum atomic E-state index is 10.4. The Bertz CT molecular complexity index is 702. The van der Waals surface area contributed by atoms with Crippen molar-refractivity contribution in [1.29, 1.82) is 0 Å². The van der Waals surface area contributed by atoms with Crippen LogP contribution in [0.15, 0.2) is 48.5 Å². The molecule has 0 saturated carbocycles. The summed E-state index contributed by atoms with van der Waals surface area (Å²) in [7, 11) is 0. The Morgan fingerprint density at radius 1 is 0.962 bits per heavy atom. The fourth-order valence-electron chi connectivity index (χ4n) is 3.53. The number of ether oxygens (including phenoxy) is 1. The molecule has 140 valence electrons. The maximum Gasteiger partial charge on any atom is 0.221 e. The Hall–Kier alpha value is -2.04. The second-order valence-corrected chi connectivity index (χ2v) is 8.01. The topological polar surface area (TPSA) is 35.9 Å². The summed E-state index contributed by atoms with van der Waals surface area (Å²) in [5.41, 5.74) is 2.95. The highest BCUT2D eigenvalue weighted by Gasteiger charge is 2.30. The number of hydrogen-bond acceptors (Lipinski definition) is 4. The molecule has 2 aromatic rings. The SMILES string of the molecule is CC(C)CN(Cc1ccc(C2Oc3ccccc3N2O)cc1)CC(C)C. The van der Waals surface area contributed by atoms with Gasteiger partial charge in [-0.1, -0.05) is 64.1 Å². The summed E-state index contributed by atoms with van der Waals surface area (Å²) in [5.74, 6) is 2.02. The molecule has 0 radical (unpaired) electrons. The summed E-state index contributed by atoms with van der Waals surface area (Å²) in [4.78, 5) is 2.52. The highest BCUT2D eigenvalue weighted by atomic mass is 16.6. The zero-order chi connectivity index (χ0) is 18.7. The van der Waals surface area contributed by atoms with Crippen LogP contribution in [0.25, 0.3) is 0 Å². The Kier molecular flexibility index (Phi) is 5.84. The lowest BCUT2D eigenvalue weighted by molar-refractivity contribution is 0.114. The van der Waals surface area contributed by atoms with Crippen molar-refractivity contribution in [2.24, 2.45) is 11.8 Å². The molecular weight excluding hydrogens is 324 g/mol. The van der Waals surface area contributed by atoms with E-state index in [-0.39, 0.29) is 0 Å². The predicted octanol–water partition coefficient (Wildman–Crippen LogP) is 5.09. The minimum absolute atomic E-state index is 0.483. The maximum absolute atomic E-state index is 10.4. The van der Waals surface area contributed by atoms with E-state index in [9.17, 15) is 5.21 Å². The van der Waals surface area contributed by atoms with Crippen molar-refractivity contribution < 1.29 is 9.94 Å². The quantitative estimate of drug-likeness (QED) is 0.751. The van der Waals surface area contributed by atoms with Crippen molar-refractivity contribution in [3.05, 3.63) is 59.7 Å². The van der Waals surface area contributed by atoms with Gasteiger partial charge in [0.1, 0.15) is 11.4 Å². The van der Waals surface area contributed by atoms with Gasteiger partial charge in [-0.2, -0.15) is 0 Å². The lowest BCUT2D eigenvalue weighted by Crippen LogP contribution is -2.31. The van der Waals surface area contributed by atoms with Gasteiger partial charge in [0.05, 0.1) is 0 Å². The monoisotopic (exact) mass is 354 g/mol. The van der Waals surface area contributed by atoms with Gasteiger partial charge in [-0.25, -0.2) is 5.06 Å². The fraction of sp³-hybridized carbons (Fsp3) is 0.455. The highest BCUT2D eigenvalue weighted by molar-refractivity contribution is 5.61. The van der Waals surface area contributed by atoms with E-state index < -0.39 is 6.23 Å². The Morgan fingerprint density at radius 3 is 2.15 bits per heavy atom. The molecular formula is C22H30N2O2. The smallest absolute Gasteiger partial charge is 0.221 e. The summed E-state index contributed by atoms with van der Waals surface area (Å²) >= 11 is 0. The van der Waals surface area contributed by atoms with Crippen LogP contribution in [0.5, 0.6) is 5.75 Å². The molecule has 1 unspecified atom stereocenters. The number of para-hydroxylation sites is 2. The molecule has 4 nitrogen and oxygen atoms in total. The Labute approximate surface area is 157 Å². The van der Waals surface area contributed by atoms with Crippen molar-refractivity contribution in [3.63, 3.8) is 0 Å². The van der Waals surface area contributed by atoms with Gasteiger partial charge in [-0.05, 0) is 29.5 Å². The average molecular weight is 354 g/mol. The molecule has 2 aromatic carbocycles. The normalized spacial score (nSPS) is 16.5. The van der Waals surface area contributed by atoms with Gasteiger partial charge in [-0.15, -0.1) is 0 Å². The first kappa shape index (κ1) is 18.7. The van der Waals surface area contributed by atoms with Gasteiger partial charge in [0.2, 0.25) is 6.23 Å². The number of rotatable bonds is 7. The first-order valence-electron chi connectivity index (χ1n) is 9.49. The van der Waals surface area contributed by atoms with Gasteiger partial charge in [0.15, 0.2) is 0 Å². The third-order valence-electron chi connectivity index (χ3n) is 4.49. The van der Waals surface area contributed by atoms with E-state index >= 15 is 0 Å². The second-order valence-electron chi connectivity index (χ2n) is 8.01. The van der Waals surface area contributed by atoms with Gasteiger partial charge in [0.25, 0.3) is 0 Å². The first-order chi connectivity index (χ1) is 12.4. The molecule has 1 heterocycles. The van der Waals surface area contributed by atoms with E-state index in [2.05, 4.69) is 56.9 Å². The molecule has 0 amide bonds. The van der Waals surface area contributed by atoms with Crippen LogP contribution in [0.2, 0.25) is 0 Å². The van der Waals surface area contributed by atoms with Crippen LogP contribution in [-0.2, 0) is 6.54 Å². The molecule has 0 spiro atoms. The third kappa shape index (κ3) is 4.37. The Morgan fingerprint density at radius 2 is 1.58 bits per heavy atom. The zero-order valence-electron chi connectivity index (χ0n) is 16.2. The standard InChI is InChI=1S/C22H30N2O2/c1-16(2)13-23(14-17(3)4)15-18-9-11-19(12-10-18)22-24(25)20-7-5-6-8-21(20)26-22/h5-12,16-17,22,25H,13-15H2,1-4H3. The summed E-state index contributed by atoms with van der Waals surface area (Å²) < 4.78 is 5.90. The van der Waals surface area contributed by atoms with Crippen LogP contribution in [0, 0.1) is 11.8 Å². The van der Waals surface area contributed by atoms with Gasteiger partial charge >= 0.3 is 0 Å². The van der Waals surface area contributed by atoms with Gasteiger partial charge in [-0.3, -0.25) is 10.1 Å². The molecule has 4 heteroatoms. The Balaban J connectivity index is 1.69. The molecule has 26 heavy (non-hydrogen) atoms. The largest absolute Gasteiger partial charge is 0.462 e. The minimum Gasteiger partial charge on any atom is -0.462 e. The molecule has 1 atom stereocenters. The van der Waals surface area contributed by atoms with Crippen molar-refractivity contribution in [1.82, 2.24) is 4.90 Å². The van der Waals surface area contributed by atoms with E-state index in [4.69, 9.17) is 4.74 Å². The molecule has 1 aliphatic rings. The molecule has 0 bridgehead atoms. The van der Waals surface area contributed by atoms with E-state index in [1.165, 1.54) is 10.6 Å². The summed E-state index contributed by atoms with van der Waals surface area (Å²) in [5, 5.41) is 11.6. The van der Waals surface area contributed by atoms with E-state index in [0.29, 0.717) is 23.3 Å². The summed E-state index contributed by atoms with van der Waals surface area (Å²) in [6.07, 6.45) is -0.483. The third-order valence-corrected chi connectivity index (χ3v) is 4.49. The number of benzene rings is 2. The number of hydrogen-bond donors (Lipinski definition) is 1. The lowest BCUT2D eigenvalue weighted by atomic mass is 10.1.